The quantitative estimate of drug-likeness (QED) is 0.221. The Balaban J connectivity index is 3.52. The first-order valence-corrected chi connectivity index (χ1v) is 5.51. The van der Waals surface area contributed by atoms with Crippen LogP contribution in [0.2, 0.25) is 0 Å². The van der Waals surface area contributed by atoms with Gasteiger partial charge < -0.3 is 24.2 Å². The van der Waals surface area contributed by atoms with Crippen LogP contribution in [-0.2, 0) is 8.92 Å². The molecule has 6 nitrogen and oxygen atoms in total. The van der Waals surface area contributed by atoms with Crippen molar-refractivity contribution in [3.63, 3.8) is 0 Å². The molecule has 3 N–H and O–H groups in total. The van der Waals surface area contributed by atoms with Crippen LogP contribution < -0.4 is 0 Å². The highest BCUT2D eigenvalue weighted by molar-refractivity contribution is 8.66. The Kier molecular flexibility index (Phi) is 8.09. The molecule has 0 fully saturated rings. The number of hydrogen-bond donors (Lipinski definition) is 4. The maximum atomic E-state index is 10.6. The van der Waals surface area contributed by atoms with E-state index >= 15 is 0 Å². The van der Waals surface area contributed by atoms with Crippen LogP contribution in [0.1, 0.15) is 6.42 Å². The zero-order valence-corrected chi connectivity index (χ0v) is 8.91. The Hall–Kier alpha value is -0.150. The molecule has 0 spiro atoms. The van der Waals surface area contributed by atoms with E-state index in [0.717, 1.165) is 0 Å². The van der Waals surface area contributed by atoms with Gasteiger partial charge in [-0.25, -0.2) is 4.79 Å². The predicted molar refractivity (Wildman–Crippen MR) is 52.7 cm³/mol. The lowest BCUT2D eigenvalue weighted by atomic mass is 10.2. The third-order valence-corrected chi connectivity index (χ3v) is 1.69. The van der Waals surface area contributed by atoms with Crippen LogP contribution in [0.3, 0.4) is 0 Å². The fourth-order valence-corrected chi connectivity index (χ4v) is 0.967. The molecule has 0 radical (unpaired) electrons. The lowest BCUT2D eigenvalue weighted by Gasteiger charge is -2.13. The molecule has 0 aromatic heterocycles. The van der Waals surface area contributed by atoms with Gasteiger partial charge in [0.15, 0.2) is 0 Å². The summed E-state index contributed by atoms with van der Waals surface area (Å²) in [7, 11) is 0. The van der Waals surface area contributed by atoms with Gasteiger partial charge >= 0.3 is 6.16 Å². The first-order chi connectivity index (χ1) is 6.60. The van der Waals surface area contributed by atoms with Crippen molar-refractivity contribution in [1.29, 1.82) is 0 Å². The minimum atomic E-state index is -1.03. The second kappa shape index (κ2) is 8.18. The van der Waals surface area contributed by atoms with Crippen LogP contribution >= 0.6 is 22.7 Å². The van der Waals surface area contributed by atoms with Gasteiger partial charge in [0.05, 0.1) is 18.8 Å². The van der Waals surface area contributed by atoms with Gasteiger partial charge in [0.2, 0.25) is 0 Å². The molecular formula is C6H12O6S2. The van der Waals surface area contributed by atoms with E-state index in [0.29, 0.717) is 11.1 Å². The van der Waals surface area contributed by atoms with E-state index in [2.05, 4.69) is 20.6 Å². The van der Waals surface area contributed by atoms with Crippen LogP contribution in [0, 0.1) is 0 Å². The first kappa shape index (κ1) is 13.8. The van der Waals surface area contributed by atoms with Gasteiger partial charge in [-0.15, -0.1) is 0 Å². The Morgan fingerprint density at radius 3 is 2.57 bits per heavy atom. The Labute approximate surface area is 90.2 Å². The van der Waals surface area contributed by atoms with Gasteiger partial charge in [0.1, 0.15) is 17.7 Å². The number of ether oxygens (including phenoxy) is 1. The molecule has 0 aromatic rings. The lowest BCUT2D eigenvalue weighted by molar-refractivity contribution is 0.00468. The van der Waals surface area contributed by atoms with E-state index in [-0.39, 0.29) is 13.0 Å². The maximum absolute atomic E-state index is 10.6. The number of hydrogen-bond acceptors (Lipinski definition) is 8. The fourth-order valence-electron chi connectivity index (χ4n) is 0.675. The molecule has 0 aliphatic carbocycles. The number of thiol groups is 1. The van der Waals surface area contributed by atoms with Gasteiger partial charge in [-0.05, 0) is 0 Å². The molecule has 2 unspecified atom stereocenters. The molecule has 0 saturated heterocycles. The van der Waals surface area contributed by atoms with Crippen LogP contribution in [-0.4, -0.2) is 46.9 Å². The van der Waals surface area contributed by atoms with Crippen LogP contribution in [0.4, 0.5) is 4.79 Å². The third-order valence-electron chi connectivity index (χ3n) is 1.25. The molecule has 0 heterocycles. The van der Waals surface area contributed by atoms with Crippen LogP contribution in [0.15, 0.2) is 0 Å². The Bertz CT molecular complexity index is 166. The number of rotatable bonds is 6. The molecule has 0 aliphatic heterocycles. The summed E-state index contributed by atoms with van der Waals surface area (Å²) < 4.78 is 8.64. The maximum Gasteiger partial charge on any atom is 0.521 e. The molecule has 0 saturated carbocycles. The number of carbonyl (C=O) groups is 1. The predicted octanol–water partition coefficient (Wildman–Crippen LogP) is -0.263. The van der Waals surface area contributed by atoms with E-state index in [1.54, 1.807) is 0 Å². The average molecular weight is 244 g/mol. The zero-order valence-electron chi connectivity index (χ0n) is 7.20. The molecule has 0 bridgehead atoms. The summed E-state index contributed by atoms with van der Waals surface area (Å²) in [6, 6.07) is 0. The number of aliphatic hydroxyl groups is 3. The molecule has 84 valence electrons. The van der Waals surface area contributed by atoms with Crippen molar-refractivity contribution >= 4 is 28.9 Å². The largest absolute Gasteiger partial charge is 0.521 e. The van der Waals surface area contributed by atoms with Crippen molar-refractivity contribution in [1.82, 2.24) is 0 Å². The van der Waals surface area contributed by atoms with E-state index in [9.17, 15) is 4.79 Å². The van der Waals surface area contributed by atoms with E-state index in [1.807, 2.05) is 0 Å². The highest BCUT2D eigenvalue weighted by Gasteiger charge is 2.13. The minimum absolute atomic E-state index is 0.0716. The van der Waals surface area contributed by atoms with E-state index in [1.165, 1.54) is 0 Å². The topological polar surface area (TPSA) is 96.2 Å². The van der Waals surface area contributed by atoms with Gasteiger partial charge in [0, 0.05) is 6.42 Å². The van der Waals surface area contributed by atoms with E-state index in [4.69, 9.17) is 15.3 Å². The summed E-state index contributed by atoms with van der Waals surface area (Å²) in [5, 5.41) is 26.5. The smallest absolute Gasteiger partial charge is 0.431 e. The fraction of sp³-hybridized carbons (Fsp3) is 0.833. The molecule has 0 rings (SSSR count). The number of carbonyl (C=O) groups excluding carboxylic acids is 1. The molecule has 0 aromatic carbocycles. The monoisotopic (exact) mass is 244 g/mol. The van der Waals surface area contributed by atoms with Crippen molar-refractivity contribution in [2.24, 2.45) is 0 Å². The van der Waals surface area contributed by atoms with Crippen molar-refractivity contribution in [3.8, 4) is 0 Å². The van der Waals surface area contributed by atoms with Crippen molar-refractivity contribution in [2.45, 2.75) is 18.6 Å². The normalized spacial score (nSPS) is 14.6. The summed E-state index contributed by atoms with van der Waals surface area (Å²) in [4.78, 5) is 10.6. The van der Waals surface area contributed by atoms with Crippen LogP contribution in [0.25, 0.3) is 0 Å². The standard InChI is InChI=1S/C6H12O6S2/c7-2-4(8)1-5(9)3-11-6(10)12-14-13/h4-5,7-9,13H,1-3H2. The highest BCUT2D eigenvalue weighted by Crippen LogP contribution is 2.08. The third kappa shape index (κ3) is 7.27. The van der Waals surface area contributed by atoms with Gasteiger partial charge in [-0.1, -0.05) is 11.7 Å². The second-order valence-corrected chi connectivity index (χ2v) is 3.21. The summed E-state index contributed by atoms with van der Waals surface area (Å²) in [5.74, 6) is 0. The molecular weight excluding hydrogens is 232 g/mol. The molecule has 2 atom stereocenters. The summed E-state index contributed by atoms with van der Waals surface area (Å²) in [5.41, 5.74) is 0. The van der Waals surface area contributed by atoms with Crippen molar-refractivity contribution in [2.75, 3.05) is 13.2 Å². The highest BCUT2D eigenvalue weighted by atomic mass is 33.1. The summed E-state index contributed by atoms with van der Waals surface area (Å²) in [6.07, 6.45) is -3.10. The summed E-state index contributed by atoms with van der Waals surface area (Å²) in [6.45, 7) is -0.752. The molecule has 8 heteroatoms. The molecule has 14 heavy (non-hydrogen) atoms. The molecule has 0 amide bonds. The van der Waals surface area contributed by atoms with Crippen molar-refractivity contribution in [3.05, 3.63) is 0 Å². The first-order valence-electron chi connectivity index (χ1n) is 3.72. The number of aliphatic hydroxyl groups excluding tert-OH is 3. The Morgan fingerprint density at radius 1 is 1.43 bits per heavy atom. The molecule has 0 aliphatic rings. The zero-order chi connectivity index (χ0) is 11.0. The van der Waals surface area contributed by atoms with Gasteiger partial charge in [0.25, 0.3) is 0 Å². The SMILES string of the molecule is O=C(OCC(O)CC(O)CO)OSS. The van der Waals surface area contributed by atoms with Crippen molar-refractivity contribution < 1.29 is 29.0 Å². The Morgan fingerprint density at radius 2 is 2.07 bits per heavy atom. The minimum Gasteiger partial charge on any atom is -0.431 e. The second-order valence-electron chi connectivity index (χ2n) is 2.44. The van der Waals surface area contributed by atoms with Crippen LogP contribution in [0.5, 0.6) is 0 Å². The van der Waals surface area contributed by atoms with Gasteiger partial charge in [-0.3, -0.25) is 0 Å². The van der Waals surface area contributed by atoms with Gasteiger partial charge in [-0.2, -0.15) is 0 Å². The van der Waals surface area contributed by atoms with E-state index < -0.39 is 25.0 Å². The lowest BCUT2D eigenvalue weighted by Crippen LogP contribution is -2.25. The average Bonchev–Trinajstić information content (AvgIpc) is 2.15. The summed E-state index contributed by atoms with van der Waals surface area (Å²) >= 11 is 4.06.